The number of thioether (sulfide) groups is 1. The molecule has 36 heavy (non-hydrogen) atoms. The summed E-state index contributed by atoms with van der Waals surface area (Å²) in [5.41, 5.74) is -0.484. The molecule has 3 aromatic rings. The number of aliphatic hydroxyl groups excluding tert-OH is 1. The lowest BCUT2D eigenvalue weighted by molar-refractivity contribution is -0.137. The van der Waals surface area contributed by atoms with E-state index >= 15 is 0 Å². The van der Waals surface area contributed by atoms with Gasteiger partial charge in [-0.2, -0.15) is 13.2 Å². The number of nitrogens with one attached hydrogen (secondary N) is 2. The summed E-state index contributed by atoms with van der Waals surface area (Å²) >= 11 is 1.02. The third-order valence-electron chi connectivity index (χ3n) is 5.02. The van der Waals surface area contributed by atoms with Crippen LogP contribution >= 0.6 is 11.8 Å². The van der Waals surface area contributed by atoms with Crippen LogP contribution in [0.15, 0.2) is 53.7 Å². The molecule has 0 fully saturated rings. The molecule has 0 radical (unpaired) electrons. The number of nitrogens with zero attached hydrogens (tertiary/aromatic N) is 3. The van der Waals surface area contributed by atoms with Gasteiger partial charge in [-0.3, -0.25) is 9.59 Å². The lowest BCUT2D eigenvalue weighted by atomic mass is 10.2. The zero-order chi connectivity index (χ0) is 26.3. The van der Waals surface area contributed by atoms with Crippen LogP contribution in [0.25, 0.3) is 0 Å². The van der Waals surface area contributed by atoms with Crippen LogP contribution in [-0.4, -0.2) is 51.2 Å². The number of ether oxygens (including phenoxy) is 1. The van der Waals surface area contributed by atoms with Crippen molar-refractivity contribution < 1.29 is 32.6 Å². The van der Waals surface area contributed by atoms with Crippen molar-refractivity contribution in [1.29, 1.82) is 0 Å². The fourth-order valence-electron chi connectivity index (χ4n) is 3.24. The predicted octanol–water partition coefficient (Wildman–Crippen LogP) is 3.52. The lowest BCUT2D eigenvalue weighted by Gasteiger charge is -2.17. The van der Waals surface area contributed by atoms with E-state index in [0.717, 1.165) is 23.9 Å². The Balaban J connectivity index is 1.65. The van der Waals surface area contributed by atoms with Gasteiger partial charge in [0.05, 0.1) is 25.0 Å². The van der Waals surface area contributed by atoms with Crippen molar-refractivity contribution in [3.05, 3.63) is 65.5 Å². The number of amides is 2. The van der Waals surface area contributed by atoms with Crippen LogP contribution in [0.1, 0.15) is 34.7 Å². The summed E-state index contributed by atoms with van der Waals surface area (Å²) in [7, 11) is 1.51. The molecule has 13 heteroatoms. The molecule has 2 amide bonds. The van der Waals surface area contributed by atoms with E-state index in [1.165, 1.54) is 19.2 Å². The topological polar surface area (TPSA) is 118 Å². The molecule has 1 aromatic heterocycles. The Labute approximate surface area is 209 Å². The molecule has 0 spiro atoms. The molecule has 0 aliphatic carbocycles. The number of carbonyl (C=O) groups is 2. The van der Waals surface area contributed by atoms with E-state index in [1.54, 1.807) is 35.8 Å². The van der Waals surface area contributed by atoms with Crippen molar-refractivity contribution in [2.75, 3.05) is 24.8 Å². The van der Waals surface area contributed by atoms with Crippen LogP contribution in [-0.2, 0) is 17.5 Å². The van der Waals surface area contributed by atoms with Crippen LogP contribution in [0.2, 0.25) is 0 Å². The summed E-state index contributed by atoms with van der Waals surface area (Å²) in [4.78, 5) is 24.9. The molecule has 0 aliphatic rings. The van der Waals surface area contributed by atoms with Crippen LogP contribution in [0.3, 0.4) is 0 Å². The van der Waals surface area contributed by atoms with E-state index in [1.807, 2.05) is 0 Å². The smallest absolute Gasteiger partial charge is 0.416 e. The Morgan fingerprint density at radius 2 is 1.89 bits per heavy atom. The molecule has 1 heterocycles. The van der Waals surface area contributed by atoms with E-state index in [9.17, 15) is 27.9 Å². The molecule has 3 rings (SSSR count). The van der Waals surface area contributed by atoms with E-state index in [4.69, 9.17) is 4.74 Å². The minimum absolute atomic E-state index is 0.0228. The Morgan fingerprint density at radius 3 is 2.50 bits per heavy atom. The van der Waals surface area contributed by atoms with Crippen molar-refractivity contribution >= 4 is 29.3 Å². The minimum Gasteiger partial charge on any atom is -0.497 e. The normalized spacial score (nSPS) is 12.2. The average Bonchev–Trinajstić information content (AvgIpc) is 3.28. The predicted molar refractivity (Wildman–Crippen MR) is 127 cm³/mol. The summed E-state index contributed by atoms with van der Waals surface area (Å²) in [6.45, 7) is 1.74. The van der Waals surface area contributed by atoms with Gasteiger partial charge in [-0.05, 0) is 49.4 Å². The monoisotopic (exact) mass is 523 g/mol. The van der Waals surface area contributed by atoms with E-state index in [0.29, 0.717) is 28.8 Å². The molecule has 1 atom stereocenters. The first kappa shape index (κ1) is 27.0. The van der Waals surface area contributed by atoms with Crippen molar-refractivity contribution in [1.82, 2.24) is 20.1 Å². The van der Waals surface area contributed by atoms with E-state index < -0.39 is 36.2 Å². The molecule has 192 valence electrons. The molecule has 0 saturated carbocycles. The zero-order valence-electron chi connectivity index (χ0n) is 19.4. The standard InChI is InChI=1S/C23H24F3N5O4S/c1-3-31-20(18(12-32)28-21(34)14-7-9-17(35-2)10-8-14)29-30-22(31)36-13-19(33)27-16-6-4-5-15(11-16)23(24,25)26/h4-11,18,32H,3,12-13H2,1-2H3,(H,27,33)(H,28,34). The van der Waals surface area contributed by atoms with E-state index in [-0.39, 0.29) is 11.4 Å². The number of alkyl halides is 3. The van der Waals surface area contributed by atoms with Crippen LogP contribution in [0.4, 0.5) is 18.9 Å². The van der Waals surface area contributed by atoms with Gasteiger partial charge in [-0.1, -0.05) is 17.8 Å². The summed E-state index contributed by atoms with van der Waals surface area (Å²) in [5, 5.41) is 23.5. The van der Waals surface area contributed by atoms with Crippen molar-refractivity contribution in [2.45, 2.75) is 30.8 Å². The molecule has 0 bridgehead atoms. The van der Waals surface area contributed by atoms with Crippen LogP contribution in [0.5, 0.6) is 5.75 Å². The highest BCUT2D eigenvalue weighted by Crippen LogP contribution is 2.30. The van der Waals surface area contributed by atoms with Crippen molar-refractivity contribution in [3.8, 4) is 5.75 Å². The fourth-order valence-corrected chi connectivity index (χ4v) is 4.05. The second-order valence-corrected chi connectivity index (χ2v) is 8.38. The Hall–Kier alpha value is -3.58. The van der Waals surface area contributed by atoms with Crippen LogP contribution in [0, 0.1) is 0 Å². The largest absolute Gasteiger partial charge is 0.497 e. The maximum absolute atomic E-state index is 12.9. The van der Waals surface area contributed by atoms with E-state index in [2.05, 4.69) is 20.8 Å². The molecule has 0 aliphatic heterocycles. The summed E-state index contributed by atoms with van der Waals surface area (Å²) in [5.74, 6) is -0.219. The Bertz CT molecular complexity index is 1200. The fraction of sp³-hybridized carbons (Fsp3) is 0.304. The third-order valence-corrected chi connectivity index (χ3v) is 5.99. The first-order valence-corrected chi connectivity index (χ1v) is 11.7. The highest BCUT2D eigenvalue weighted by molar-refractivity contribution is 7.99. The number of halogens is 3. The average molecular weight is 524 g/mol. The number of rotatable bonds is 10. The highest BCUT2D eigenvalue weighted by atomic mass is 32.2. The van der Waals surface area contributed by atoms with Gasteiger partial charge < -0.3 is 25.0 Å². The van der Waals surface area contributed by atoms with Gasteiger partial charge in [0.1, 0.15) is 11.8 Å². The number of anilines is 1. The number of aromatic nitrogens is 3. The highest BCUT2D eigenvalue weighted by Gasteiger charge is 2.30. The summed E-state index contributed by atoms with van der Waals surface area (Å²) in [6.07, 6.45) is -4.52. The molecular formula is C23H24F3N5O4S. The SMILES string of the molecule is CCn1c(SCC(=O)Nc2cccc(C(F)(F)F)c2)nnc1C(CO)NC(=O)c1ccc(OC)cc1. The quantitative estimate of drug-likeness (QED) is 0.348. The van der Waals surface area contributed by atoms with Gasteiger partial charge >= 0.3 is 6.18 Å². The number of carbonyl (C=O) groups excluding carboxylic acids is 2. The molecule has 3 N–H and O–H groups in total. The number of aliphatic hydroxyl groups is 1. The van der Waals surface area contributed by atoms with Gasteiger partial charge in [0.15, 0.2) is 11.0 Å². The first-order chi connectivity index (χ1) is 17.2. The second kappa shape index (κ2) is 11.9. The Morgan fingerprint density at radius 1 is 1.17 bits per heavy atom. The molecule has 2 aromatic carbocycles. The van der Waals surface area contributed by atoms with Crippen molar-refractivity contribution in [3.63, 3.8) is 0 Å². The molecule has 0 saturated heterocycles. The van der Waals surface area contributed by atoms with Gasteiger partial charge in [0, 0.05) is 17.8 Å². The summed E-state index contributed by atoms with van der Waals surface area (Å²) < 4.78 is 45.3. The maximum atomic E-state index is 12.9. The zero-order valence-corrected chi connectivity index (χ0v) is 20.2. The first-order valence-electron chi connectivity index (χ1n) is 10.7. The van der Waals surface area contributed by atoms with Gasteiger partial charge in [-0.15, -0.1) is 10.2 Å². The third kappa shape index (κ3) is 6.76. The Kier molecular flexibility index (Phi) is 8.93. The maximum Gasteiger partial charge on any atom is 0.416 e. The molecule has 1 unspecified atom stereocenters. The van der Waals surface area contributed by atoms with Gasteiger partial charge in [0.25, 0.3) is 5.91 Å². The molecule has 9 nitrogen and oxygen atoms in total. The number of benzene rings is 2. The van der Waals surface area contributed by atoms with Crippen LogP contribution < -0.4 is 15.4 Å². The number of methoxy groups -OCH3 is 1. The van der Waals surface area contributed by atoms with Gasteiger partial charge in [-0.25, -0.2) is 0 Å². The lowest BCUT2D eigenvalue weighted by Crippen LogP contribution is -2.32. The number of hydrogen-bond donors (Lipinski definition) is 3. The van der Waals surface area contributed by atoms with Crippen molar-refractivity contribution in [2.24, 2.45) is 0 Å². The minimum atomic E-state index is -4.52. The summed E-state index contributed by atoms with van der Waals surface area (Å²) in [6, 6.07) is 9.91. The number of hydrogen-bond acceptors (Lipinski definition) is 7. The van der Waals surface area contributed by atoms with Gasteiger partial charge in [0.2, 0.25) is 5.91 Å². The molecular weight excluding hydrogens is 499 g/mol. The second-order valence-electron chi connectivity index (χ2n) is 7.44.